The maximum absolute atomic E-state index is 11.9. The fraction of sp³-hybridized carbons (Fsp3) is 0.556. The molecule has 1 aromatic carbocycles. The number of urea groups is 1. The molecular formula is C18H28N4O3. The van der Waals surface area contributed by atoms with Crippen LogP contribution in [0.2, 0.25) is 0 Å². The molecule has 1 heterocycles. The van der Waals surface area contributed by atoms with Gasteiger partial charge < -0.3 is 26.0 Å². The number of hydrogen-bond acceptors (Lipinski definition) is 4. The molecule has 0 saturated carbocycles. The van der Waals surface area contributed by atoms with Crippen LogP contribution in [-0.4, -0.2) is 50.1 Å². The normalized spacial score (nSPS) is 15.6. The van der Waals surface area contributed by atoms with Crippen LogP contribution in [0.5, 0.6) is 5.75 Å². The first-order valence-electron chi connectivity index (χ1n) is 8.79. The van der Waals surface area contributed by atoms with E-state index in [0.717, 1.165) is 45.3 Å². The standard InChI is InChI=1S/C18H28N4O3/c1-25-16-6-4-5-15(13-16)21-18(24)20-9-2-3-10-22-11-7-14(8-12-22)17(19)23/h4-6,13-14H,2-3,7-12H2,1H3,(H2,19,23)(H2,20,21,24). The van der Waals surface area contributed by atoms with E-state index in [2.05, 4.69) is 15.5 Å². The lowest BCUT2D eigenvalue weighted by Gasteiger charge is -2.30. The van der Waals surface area contributed by atoms with Gasteiger partial charge in [0.2, 0.25) is 5.91 Å². The lowest BCUT2D eigenvalue weighted by atomic mass is 9.96. The first-order valence-corrected chi connectivity index (χ1v) is 8.79. The van der Waals surface area contributed by atoms with E-state index in [1.165, 1.54) is 0 Å². The molecule has 7 heteroatoms. The Labute approximate surface area is 148 Å². The molecule has 0 radical (unpaired) electrons. The number of amides is 3. The van der Waals surface area contributed by atoms with Crippen LogP contribution in [0.15, 0.2) is 24.3 Å². The molecule has 1 saturated heterocycles. The van der Waals surface area contributed by atoms with Gasteiger partial charge in [-0.15, -0.1) is 0 Å². The highest BCUT2D eigenvalue weighted by Crippen LogP contribution is 2.17. The maximum atomic E-state index is 11.9. The van der Waals surface area contributed by atoms with Crippen LogP contribution in [-0.2, 0) is 4.79 Å². The Morgan fingerprint density at radius 2 is 2.04 bits per heavy atom. The molecule has 3 amide bonds. The number of carbonyl (C=O) groups excluding carboxylic acids is 2. The molecule has 7 nitrogen and oxygen atoms in total. The minimum atomic E-state index is -0.212. The van der Waals surface area contributed by atoms with E-state index in [0.29, 0.717) is 18.0 Å². The van der Waals surface area contributed by atoms with E-state index in [9.17, 15) is 9.59 Å². The largest absolute Gasteiger partial charge is 0.497 e. The van der Waals surface area contributed by atoms with Crippen molar-refractivity contribution in [2.24, 2.45) is 11.7 Å². The van der Waals surface area contributed by atoms with Crippen molar-refractivity contribution >= 4 is 17.6 Å². The molecule has 0 atom stereocenters. The highest BCUT2D eigenvalue weighted by molar-refractivity contribution is 5.89. The van der Waals surface area contributed by atoms with Crippen LogP contribution in [0.25, 0.3) is 0 Å². The van der Waals surface area contributed by atoms with E-state index < -0.39 is 0 Å². The Bertz CT molecular complexity index is 571. The van der Waals surface area contributed by atoms with Gasteiger partial charge in [0.1, 0.15) is 5.75 Å². The van der Waals surface area contributed by atoms with Gasteiger partial charge >= 0.3 is 6.03 Å². The third-order valence-corrected chi connectivity index (χ3v) is 4.50. The molecule has 1 fully saturated rings. The minimum Gasteiger partial charge on any atom is -0.497 e. The van der Waals surface area contributed by atoms with Crippen molar-refractivity contribution in [2.75, 3.05) is 38.6 Å². The van der Waals surface area contributed by atoms with Crippen LogP contribution in [0.3, 0.4) is 0 Å². The Hall–Kier alpha value is -2.28. The zero-order valence-corrected chi connectivity index (χ0v) is 14.8. The molecule has 4 N–H and O–H groups in total. The van der Waals surface area contributed by atoms with E-state index in [4.69, 9.17) is 10.5 Å². The monoisotopic (exact) mass is 348 g/mol. The van der Waals surface area contributed by atoms with Crippen LogP contribution in [0.1, 0.15) is 25.7 Å². The second-order valence-corrected chi connectivity index (χ2v) is 6.34. The first kappa shape index (κ1) is 19.1. The van der Waals surface area contributed by atoms with E-state index in [1.54, 1.807) is 13.2 Å². The highest BCUT2D eigenvalue weighted by atomic mass is 16.5. The average Bonchev–Trinajstić information content (AvgIpc) is 2.62. The summed E-state index contributed by atoms with van der Waals surface area (Å²) >= 11 is 0. The van der Waals surface area contributed by atoms with Crippen LogP contribution < -0.4 is 21.1 Å². The number of hydrogen-bond donors (Lipinski definition) is 3. The van der Waals surface area contributed by atoms with Gasteiger partial charge in [0.25, 0.3) is 0 Å². The summed E-state index contributed by atoms with van der Waals surface area (Å²) in [6, 6.07) is 7.04. The van der Waals surface area contributed by atoms with Gasteiger partial charge in [-0.1, -0.05) is 6.07 Å². The summed E-state index contributed by atoms with van der Waals surface area (Å²) in [6.07, 6.45) is 3.65. The van der Waals surface area contributed by atoms with Gasteiger partial charge in [0.15, 0.2) is 0 Å². The van der Waals surface area contributed by atoms with Gasteiger partial charge in [0.05, 0.1) is 7.11 Å². The summed E-state index contributed by atoms with van der Waals surface area (Å²) in [6.45, 7) is 3.48. The van der Waals surface area contributed by atoms with E-state index in [-0.39, 0.29) is 17.9 Å². The molecule has 1 aromatic rings. The van der Waals surface area contributed by atoms with Crippen LogP contribution in [0.4, 0.5) is 10.5 Å². The summed E-state index contributed by atoms with van der Waals surface area (Å²) in [7, 11) is 1.59. The van der Waals surface area contributed by atoms with Crippen LogP contribution >= 0.6 is 0 Å². The second kappa shape index (κ2) is 9.88. The topological polar surface area (TPSA) is 96.7 Å². The molecule has 1 aliphatic rings. The van der Waals surface area contributed by atoms with Gasteiger partial charge in [-0.05, 0) is 57.5 Å². The number of methoxy groups -OCH3 is 1. The molecule has 0 aromatic heterocycles. The van der Waals surface area contributed by atoms with Crippen molar-refractivity contribution in [3.8, 4) is 5.75 Å². The predicted molar refractivity (Wildman–Crippen MR) is 97.6 cm³/mol. The SMILES string of the molecule is COc1cccc(NC(=O)NCCCCN2CCC(C(N)=O)CC2)c1. The number of anilines is 1. The molecule has 1 aliphatic heterocycles. The molecule has 0 spiro atoms. The minimum absolute atomic E-state index is 0.0400. The van der Waals surface area contributed by atoms with Gasteiger partial charge in [-0.25, -0.2) is 4.79 Å². The number of piperidine rings is 1. The van der Waals surface area contributed by atoms with Crippen molar-refractivity contribution in [1.82, 2.24) is 10.2 Å². The molecule has 138 valence electrons. The fourth-order valence-electron chi connectivity index (χ4n) is 2.98. The van der Waals surface area contributed by atoms with Crippen molar-refractivity contribution < 1.29 is 14.3 Å². The Morgan fingerprint density at radius 3 is 2.72 bits per heavy atom. The number of carbonyl (C=O) groups is 2. The van der Waals surface area contributed by atoms with Gasteiger partial charge in [-0.3, -0.25) is 4.79 Å². The zero-order valence-electron chi connectivity index (χ0n) is 14.8. The summed E-state index contributed by atoms with van der Waals surface area (Å²) < 4.78 is 5.12. The number of ether oxygens (including phenoxy) is 1. The Kier molecular flexibility index (Phi) is 7.53. The summed E-state index contributed by atoms with van der Waals surface area (Å²) in [5.74, 6) is 0.571. The van der Waals surface area contributed by atoms with Crippen molar-refractivity contribution in [3.05, 3.63) is 24.3 Å². The number of nitrogens with zero attached hydrogens (tertiary/aromatic N) is 1. The first-order chi connectivity index (χ1) is 12.1. The molecule has 0 bridgehead atoms. The lowest BCUT2D eigenvalue weighted by Crippen LogP contribution is -2.39. The smallest absolute Gasteiger partial charge is 0.319 e. The van der Waals surface area contributed by atoms with Gasteiger partial charge in [0, 0.05) is 24.2 Å². The third kappa shape index (κ3) is 6.62. The number of likely N-dealkylation sites (tertiary alicyclic amines) is 1. The highest BCUT2D eigenvalue weighted by Gasteiger charge is 2.22. The molecule has 0 unspecified atom stereocenters. The Balaban J connectivity index is 1.55. The van der Waals surface area contributed by atoms with Gasteiger partial charge in [-0.2, -0.15) is 0 Å². The number of nitrogens with one attached hydrogen (secondary N) is 2. The van der Waals surface area contributed by atoms with Crippen LogP contribution in [0, 0.1) is 5.92 Å². The zero-order chi connectivity index (χ0) is 18.1. The molecular weight excluding hydrogens is 320 g/mol. The lowest BCUT2D eigenvalue weighted by molar-refractivity contribution is -0.123. The number of primary amides is 1. The summed E-state index contributed by atoms with van der Waals surface area (Å²) in [4.78, 5) is 25.4. The number of rotatable bonds is 8. The second-order valence-electron chi connectivity index (χ2n) is 6.34. The third-order valence-electron chi connectivity index (χ3n) is 4.50. The summed E-state index contributed by atoms with van der Waals surface area (Å²) in [5.41, 5.74) is 6.04. The predicted octanol–water partition coefficient (Wildman–Crippen LogP) is 1.79. The maximum Gasteiger partial charge on any atom is 0.319 e. The fourth-order valence-corrected chi connectivity index (χ4v) is 2.98. The molecule has 2 rings (SSSR count). The number of unbranched alkanes of at least 4 members (excludes halogenated alkanes) is 1. The van der Waals surface area contributed by atoms with Crippen molar-refractivity contribution in [2.45, 2.75) is 25.7 Å². The number of benzene rings is 1. The van der Waals surface area contributed by atoms with E-state index >= 15 is 0 Å². The number of nitrogens with two attached hydrogens (primary N) is 1. The van der Waals surface area contributed by atoms with Crippen molar-refractivity contribution in [1.29, 1.82) is 0 Å². The summed E-state index contributed by atoms with van der Waals surface area (Å²) in [5, 5.41) is 5.65. The average molecular weight is 348 g/mol. The molecule has 25 heavy (non-hydrogen) atoms. The molecule has 0 aliphatic carbocycles. The quantitative estimate of drug-likeness (QED) is 0.624. The van der Waals surface area contributed by atoms with Crippen molar-refractivity contribution in [3.63, 3.8) is 0 Å². The Morgan fingerprint density at radius 1 is 1.28 bits per heavy atom. The van der Waals surface area contributed by atoms with E-state index in [1.807, 2.05) is 18.2 Å².